The van der Waals surface area contributed by atoms with Gasteiger partial charge >= 0.3 is 0 Å². The summed E-state index contributed by atoms with van der Waals surface area (Å²) in [5.74, 6) is 0. The van der Waals surface area contributed by atoms with Gasteiger partial charge in [0, 0.05) is 0 Å². The maximum atomic E-state index is 3.76. The Hall–Kier alpha value is -1.04. The highest BCUT2D eigenvalue weighted by Crippen LogP contribution is 2.15. The van der Waals surface area contributed by atoms with Gasteiger partial charge in [0.2, 0.25) is 0 Å². The second-order valence-electron chi connectivity index (χ2n) is 4.41. The zero-order valence-corrected chi connectivity index (χ0v) is 10.5. The third-order valence-corrected chi connectivity index (χ3v) is 3.02. The molecule has 1 aromatic rings. The maximum Gasteiger partial charge on any atom is -0.0276 e. The van der Waals surface area contributed by atoms with Crippen molar-refractivity contribution in [2.45, 2.75) is 51.9 Å². The molecule has 0 saturated heterocycles. The molecule has 0 aliphatic heterocycles. The first-order chi connectivity index (χ1) is 7.88. The van der Waals surface area contributed by atoms with E-state index in [0.29, 0.717) is 0 Å². The maximum absolute atomic E-state index is 3.76. The molecule has 0 radical (unpaired) electrons. The Morgan fingerprint density at radius 1 is 1.00 bits per heavy atom. The molecule has 0 bridgehead atoms. The molecule has 0 saturated carbocycles. The van der Waals surface area contributed by atoms with Gasteiger partial charge in [-0.2, -0.15) is 0 Å². The number of hydrogen-bond acceptors (Lipinski definition) is 0. The van der Waals surface area contributed by atoms with Gasteiger partial charge in [0.15, 0.2) is 0 Å². The Bertz CT molecular complexity index is 299. The quantitative estimate of drug-likeness (QED) is 0.427. The molecule has 0 nitrogen and oxygen atoms in total. The number of unbranched alkanes of at least 4 members (excludes halogenated alkanes) is 3. The Kier molecular flexibility index (Phi) is 6.64. The SMILES string of the molecule is C=CCCCCc1ccccc1CCCC. The summed E-state index contributed by atoms with van der Waals surface area (Å²) in [6.45, 7) is 6.02. The minimum Gasteiger partial charge on any atom is -0.103 e. The second-order valence-corrected chi connectivity index (χ2v) is 4.41. The summed E-state index contributed by atoms with van der Waals surface area (Å²) in [7, 11) is 0. The van der Waals surface area contributed by atoms with Gasteiger partial charge in [-0.3, -0.25) is 0 Å². The zero-order chi connectivity index (χ0) is 11.6. The van der Waals surface area contributed by atoms with E-state index in [-0.39, 0.29) is 0 Å². The normalized spacial score (nSPS) is 10.3. The minimum absolute atomic E-state index is 1.15. The van der Waals surface area contributed by atoms with E-state index in [1.165, 1.54) is 38.5 Å². The van der Waals surface area contributed by atoms with Gasteiger partial charge in [0.05, 0.1) is 0 Å². The Balaban J connectivity index is 2.46. The highest BCUT2D eigenvalue weighted by Gasteiger charge is 2.00. The third-order valence-electron chi connectivity index (χ3n) is 3.02. The van der Waals surface area contributed by atoms with Crippen LogP contribution >= 0.6 is 0 Å². The van der Waals surface area contributed by atoms with Crippen LogP contribution < -0.4 is 0 Å². The number of allylic oxidation sites excluding steroid dienone is 1. The van der Waals surface area contributed by atoms with Crippen molar-refractivity contribution in [1.82, 2.24) is 0 Å². The number of aryl methyl sites for hydroxylation is 2. The Labute approximate surface area is 100 Å². The first kappa shape index (κ1) is 13.0. The predicted molar refractivity (Wildman–Crippen MR) is 72.8 cm³/mol. The fourth-order valence-electron chi connectivity index (χ4n) is 2.02. The van der Waals surface area contributed by atoms with Crippen LogP contribution in [0.25, 0.3) is 0 Å². The van der Waals surface area contributed by atoms with Crippen molar-refractivity contribution in [2.24, 2.45) is 0 Å². The molecular formula is C16H24. The second kappa shape index (κ2) is 8.15. The van der Waals surface area contributed by atoms with Gasteiger partial charge in [-0.15, -0.1) is 6.58 Å². The largest absolute Gasteiger partial charge is 0.103 e. The summed E-state index contributed by atoms with van der Waals surface area (Å²) in [6, 6.07) is 8.91. The van der Waals surface area contributed by atoms with Crippen molar-refractivity contribution in [1.29, 1.82) is 0 Å². The van der Waals surface area contributed by atoms with Crippen molar-refractivity contribution >= 4 is 0 Å². The molecule has 0 aliphatic carbocycles. The van der Waals surface area contributed by atoms with Crippen LogP contribution in [0.5, 0.6) is 0 Å². The average Bonchev–Trinajstić information content (AvgIpc) is 2.33. The van der Waals surface area contributed by atoms with E-state index in [0.717, 1.165) is 6.42 Å². The van der Waals surface area contributed by atoms with Gasteiger partial charge < -0.3 is 0 Å². The van der Waals surface area contributed by atoms with E-state index in [1.54, 1.807) is 11.1 Å². The molecule has 1 rings (SSSR count). The van der Waals surface area contributed by atoms with Crippen LogP contribution in [0.2, 0.25) is 0 Å². The van der Waals surface area contributed by atoms with Crippen molar-refractivity contribution in [3.63, 3.8) is 0 Å². The molecule has 0 heterocycles. The van der Waals surface area contributed by atoms with Crippen LogP contribution in [0.4, 0.5) is 0 Å². The third kappa shape index (κ3) is 4.65. The Morgan fingerprint density at radius 2 is 1.62 bits per heavy atom. The summed E-state index contributed by atoms with van der Waals surface area (Å²) >= 11 is 0. The van der Waals surface area contributed by atoms with E-state index in [9.17, 15) is 0 Å². The summed E-state index contributed by atoms with van der Waals surface area (Å²) in [5, 5.41) is 0. The number of hydrogen-bond donors (Lipinski definition) is 0. The van der Waals surface area contributed by atoms with Gasteiger partial charge in [-0.25, -0.2) is 0 Å². The van der Waals surface area contributed by atoms with Crippen LogP contribution in [0.1, 0.15) is 50.2 Å². The van der Waals surface area contributed by atoms with Crippen molar-refractivity contribution in [2.75, 3.05) is 0 Å². The summed E-state index contributed by atoms with van der Waals surface area (Å²) < 4.78 is 0. The van der Waals surface area contributed by atoms with Crippen LogP contribution in [-0.4, -0.2) is 0 Å². The van der Waals surface area contributed by atoms with Crippen LogP contribution in [0.15, 0.2) is 36.9 Å². The van der Waals surface area contributed by atoms with Gasteiger partial charge in [0.1, 0.15) is 0 Å². The molecular weight excluding hydrogens is 192 g/mol. The van der Waals surface area contributed by atoms with Crippen LogP contribution in [0, 0.1) is 0 Å². The molecule has 0 N–H and O–H groups in total. The molecule has 0 unspecified atom stereocenters. The fraction of sp³-hybridized carbons (Fsp3) is 0.500. The first-order valence-electron chi connectivity index (χ1n) is 6.56. The van der Waals surface area contributed by atoms with Crippen molar-refractivity contribution in [3.05, 3.63) is 48.0 Å². The molecule has 16 heavy (non-hydrogen) atoms. The van der Waals surface area contributed by atoms with Crippen molar-refractivity contribution in [3.8, 4) is 0 Å². The number of rotatable bonds is 8. The van der Waals surface area contributed by atoms with Crippen molar-refractivity contribution < 1.29 is 0 Å². The van der Waals surface area contributed by atoms with Gasteiger partial charge in [-0.1, -0.05) is 43.7 Å². The predicted octanol–water partition coefficient (Wildman–Crippen LogP) is 4.93. The van der Waals surface area contributed by atoms with E-state index >= 15 is 0 Å². The highest BCUT2D eigenvalue weighted by molar-refractivity contribution is 5.27. The summed E-state index contributed by atoms with van der Waals surface area (Å²) in [5.41, 5.74) is 3.11. The number of benzene rings is 1. The van der Waals surface area contributed by atoms with E-state index in [4.69, 9.17) is 0 Å². The molecule has 0 aromatic heterocycles. The minimum atomic E-state index is 1.15. The van der Waals surface area contributed by atoms with E-state index in [1.807, 2.05) is 6.08 Å². The van der Waals surface area contributed by atoms with E-state index in [2.05, 4.69) is 37.8 Å². The average molecular weight is 216 g/mol. The Morgan fingerprint density at radius 3 is 2.19 bits per heavy atom. The molecule has 0 spiro atoms. The first-order valence-corrected chi connectivity index (χ1v) is 6.56. The van der Waals surface area contributed by atoms with Gasteiger partial charge in [0.25, 0.3) is 0 Å². The zero-order valence-electron chi connectivity index (χ0n) is 10.5. The molecule has 1 aromatic carbocycles. The molecule has 0 fully saturated rings. The smallest absolute Gasteiger partial charge is 0.0276 e. The lowest BCUT2D eigenvalue weighted by molar-refractivity contribution is 0.731. The van der Waals surface area contributed by atoms with Gasteiger partial charge in [-0.05, 0) is 49.7 Å². The molecule has 0 heteroatoms. The molecule has 0 atom stereocenters. The standard InChI is InChI=1S/C16H24/c1-3-5-7-8-12-16-14-10-9-13-15(16)11-6-4-2/h3,9-10,13-14H,1,4-8,11-12H2,2H3. The van der Waals surface area contributed by atoms with Crippen LogP contribution in [-0.2, 0) is 12.8 Å². The summed E-state index contributed by atoms with van der Waals surface area (Å²) in [4.78, 5) is 0. The highest BCUT2D eigenvalue weighted by atomic mass is 14.1. The summed E-state index contributed by atoms with van der Waals surface area (Å²) in [6.07, 6.45) is 10.8. The monoisotopic (exact) mass is 216 g/mol. The molecule has 0 amide bonds. The molecule has 0 aliphatic rings. The lowest BCUT2D eigenvalue weighted by atomic mass is 9.98. The molecule has 88 valence electrons. The lowest BCUT2D eigenvalue weighted by Gasteiger charge is -2.08. The lowest BCUT2D eigenvalue weighted by Crippen LogP contribution is -1.94. The fourth-order valence-corrected chi connectivity index (χ4v) is 2.02. The van der Waals surface area contributed by atoms with Crippen LogP contribution in [0.3, 0.4) is 0 Å². The van der Waals surface area contributed by atoms with E-state index < -0.39 is 0 Å². The topological polar surface area (TPSA) is 0 Å².